The lowest BCUT2D eigenvalue weighted by molar-refractivity contribution is -0.387. The molecule has 2 aromatic carbocycles. The molecule has 0 atom stereocenters. The first kappa shape index (κ1) is 20.0. The van der Waals surface area contributed by atoms with Crippen molar-refractivity contribution in [1.82, 2.24) is 0 Å². The fourth-order valence-electron chi connectivity index (χ4n) is 3.17. The Morgan fingerprint density at radius 2 is 1.78 bits per heavy atom. The van der Waals surface area contributed by atoms with Gasteiger partial charge in [0.25, 0.3) is 0 Å². The molecule has 0 bridgehead atoms. The van der Waals surface area contributed by atoms with Crippen LogP contribution in [-0.4, -0.2) is 37.9 Å². The van der Waals surface area contributed by atoms with Gasteiger partial charge < -0.3 is 4.90 Å². The van der Waals surface area contributed by atoms with E-state index in [1.165, 1.54) is 6.07 Å². The normalized spacial score (nSPS) is 15.7. The minimum atomic E-state index is -3.68. The summed E-state index contributed by atoms with van der Waals surface area (Å²) in [6.45, 7) is 1.28. The highest BCUT2D eigenvalue weighted by Gasteiger charge is 2.30. The Morgan fingerprint density at radius 3 is 2.33 bits per heavy atom. The summed E-state index contributed by atoms with van der Waals surface area (Å²) < 4.78 is 23.9. The smallest absolute Gasteiger partial charge is 0.311 e. The van der Waals surface area contributed by atoms with Crippen LogP contribution < -0.4 is 4.90 Å². The average Bonchev–Trinajstić information content (AvgIpc) is 2.63. The average molecular weight is 427 g/mol. The molecule has 0 aliphatic carbocycles. The summed E-state index contributed by atoms with van der Waals surface area (Å²) in [6.07, 6.45) is 2.70. The number of rotatable bonds is 5. The summed E-state index contributed by atoms with van der Waals surface area (Å²) >= 11 is 7.69. The van der Waals surface area contributed by atoms with Crippen LogP contribution in [-0.2, 0) is 9.84 Å². The van der Waals surface area contributed by atoms with Crippen LogP contribution in [0.15, 0.2) is 52.3 Å². The molecule has 1 saturated heterocycles. The summed E-state index contributed by atoms with van der Waals surface area (Å²) in [4.78, 5) is 13.8. The van der Waals surface area contributed by atoms with Crippen molar-refractivity contribution in [2.75, 3.05) is 24.2 Å². The predicted molar refractivity (Wildman–Crippen MR) is 109 cm³/mol. The van der Waals surface area contributed by atoms with Crippen molar-refractivity contribution < 1.29 is 13.3 Å². The fourth-order valence-corrected chi connectivity index (χ4v) is 5.28. The first-order valence-corrected chi connectivity index (χ1v) is 11.6. The molecule has 2 aromatic rings. The molecule has 3 rings (SSSR count). The second-order valence-corrected chi connectivity index (χ2v) is 10.2. The van der Waals surface area contributed by atoms with Crippen LogP contribution in [0.3, 0.4) is 0 Å². The molecule has 27 heavy (non-hydrogen) atoms. The summed E-state index contributed by atoms with van der Waals surface area (Å²) in [5, 5.41) is 12.7. The van der Waals surface area contributed by atoms with E-state index in [2.05, 4.69) is 0 Å². The molecule has 0 N–H and O–H groups in total. The van der Waals surface area contributed by atoms with E-state index in [-0.39, 0.29) is 10.6 Å². The van der Waals surface area contributed by atoms with Crippen molar-refractivity contribution in [3.05, 3.63) is 57.6 Å². The quantitative estimate of drug-likeness (QED) is 0.520. The third kappa shape index (κ3) is 4.75. The van der Waals surface area contributed by atoms with Crippen molar-refractivity contribution in [3.8, 4) is 0 Å². The molecule has 1 fully saturated rings. The van der Waals surface area contributed by atoms with Gasteiger partial charge in [0.2, 0.25) is 0 Å². The molecule has 0 unspecified atom stereocenters. The van der Waals surface area contributed by atoms with Crippen molar-refractivity contribution >= 4 is 44.6 Å². The molecular formula is C18H19ClN2O4S2. The molecular weight excluding hydrogens is 408 g/mol. The molecule has 0 amide bonds. The van der Waals surface area contributed by atoms with E-state index in [4.69, 9.17) is 11.6 Å². The number of anilines is 1. The number of halogens is 1. The number of nitro groups is 1. The van der Waals surface area contributed by atoms with Gasteiger partial charge in [0.05, 0.1) is 4.92 Å². The van der Waals surface area contributed by atoms with E-state index in [0.717, 1.165) is 24.0 Å². The van der Waals surface area contributed by atoms with E-state index in [0.29, 0.717) is 29.0 Å². The van der Waals surface area contributed by atoms with Gasteiger partial charge in [-0.2, -0.15) is 0 Å². The van der Waals surface area contributed by atoms with Gasteiger partial charge in [-0.3, -0.25) is 10.1 Å². The second-order valence-electron chi connectivity index (χ2n) is 6.41. The van der Waals surface area contributed by atoms with Gasteiger partial charge in [-0.05, 0) is 49.2 Å². The number of nitrogens with zero attached hydrogens (tertiary/aromatic N) is 2. The van der Waals surface area contributed by atoms with Crippen LogP contribution in [0.4, 0.5) is 11.4 Å². The topological polar surface area (TPSA) is 80.5 Å². The van der Waals surface area contributed by atoms with E-state index in [1.54, 1.807) is 23.9 Å². The minimum absolute atomic E-state index is 0.234. The highest BCUT2D eigenvalue weighted by Crippen LogP contribution is 2.38. The molecule has 144 valence electrons. The lowest BCUT2D eigenvalue weighted by Crippen LogP contribution is -2.35. The third-order valence-corrected chi connectivity index (χ3v) is 7.19. The Bertz CT molecular complexity index is 940. The maximum atomic E-state index is 11.9. The Kier molecular flexibility index (Phi) is 5.98. The number of hydrogen-bond donors (Lipinski definition) is 0. The minimum Gasteiger partial charge on any atom is -0.366 e. The number of nitro benzene ring substituents is 1. The van der Waals surface area contributed by atoms with Gasteiger partial charge in [0.15, 0.2) is 9.84 Å². The highest BCUT2D eigenvalue weighted by atomic mass is 35.5. The van der Waals surface area contributed by atoms with Crippen molar-refractivity contribution in [2.45, 2.75) is 27.9 Å². The molecule has 1 aliphatic heterocycles. The number of thioether (sulfide) groups is 1. The van der Waals surface area contributed by atoms with Crippen molar-refractivity contribution in [2.24, 2.45) is 0 Å². The largest absolute Gasteiger partial charge is 0.366 e. The van der Waals surface area contributed by atoms with Gasteiger partial charge in [-0.1, -0.05) is 17.7 Å². The summed E-state index contributed by atoms with van der Waals surface area (Å²) in [6, 6.07) is 12.2. The maximum Gasteiger partial charge on any atom is 0.311 e. The number of benzene rings is 2. The fraction of sp³-hybridized carbons (Fsp3) is 0.333. The van der Waals surface area contributed by atoms with E-state index < -0.39 is 14.8 Å². The Hall–Kier alpha value is -1.77. The summed E-state index contributed by atoms with van der Waals surface area (Å²) in [5.41, 5.74) is 0.0432. The zero-order chi connectivity index (χ0) is 19.6. The molecule has 0 spiro atoms. The van der Waals surface area contributed by atoms with Crippen LogP contribution in [0.5, 0.6) is 0 Å². The SMILES string of the molecule is CS(=O)(=O)c1cccc(N2CCC(Sc3ccc(Cl)cc3)CC2)c1[N+](=O)[O-]. The molecule has 0 radical (unpaired) electrons. The van der Waals surface area contributed by atoms with Gasteiger partial charge in [-0.15, -0.1) is 11.8 Å². The van der Waals surface area contributed by atoms with Gasteiger partial charge >= 0.3 is 5.69 Å². The highest BCUT2D eigenvalue weighted by molar-refractivity contribution is 8.00. The molecule has 9 heteroatoms. The number of piperidine rings is 1. The van der Waals surface area contributed by atoms with Crippen molar-refractivity contribution in [1.29, 1.82) is 0 Å². The van der Waals surface area contributed by atoms with Crippen LogP contribution in [0, 0.1) is 10.1 Å². The molecule has 1 heterocycles. The zero-order valence-electron chi connectivity index (χ0n) is 14.7. The zero-order valence-corrected chi connectivity index (χ0v) is 17.1. The molecule has 0 aromatic heterocycles. The van der Waals surface area contributed by atoms with Crippen LogP contribution in [0.2, 0.25) is 5.02 Å². The number of sulfone groups is 1. The van der Waals surface area contributed by atoms with Gasteiger partial charge in [-0.25, -0.2) is 8.42 Å². The van der Waals surface area contributed by atoms with Crippen molar-refractivity contribution in [3.63, 3.8) is 0 Å². The Labute approximate surface area is 167 Å². The van der Waals surface area contributed by atoms with Crippen LogP contribution in [0.25, 0.3) is 0 Å². The maximum absolute atomic E-state index is 11.9. The van der Waals surface area contributed by atoms with Gasteiger partial charge in [0.1, 0.15) is 10.6 Å². The number of hydrogen-bond acceptors (Lipinski definition) is 6. The lowest BCUT2D eigenvalue weighted by atomic mass is 10.1. The summed E-state index contributed by atoms with van der Waals surface area (Å²) in [7, 11) is -3.68. The monoisotopic (exact) mass is 426 g/mol. The van der Waals surface area contributed by atoms with E-state index >= 15 is 0 Å². The third-order valence-electron chi connectivity index (χ3n) is 4.46. The van der Waals surface area contributed by atoms with E-state index in [9.17, 15) is 18.5 Å². The Morgan fingerprint density at radius 1 is 1.15 bits per heavy atom. The molecule has 1 aliphatic rings. The van der Waals surface area contributed by atoms with Gasteiger partial charge in [0, 0.05) is 34.5 Å². The van der Waals surface area contributed by atoms with Crippen LogP contribution in [0.1, 0.15) is 12.8 Å². The second kappa shape index (κ2) is 8.08. The Balaban J connectivity index is 1.76. The van der Waals surface area contributed by atoms with Crippen LogP contribution >= 0.6 is 23.4 Å². The molecule has 6 nitrogen and oxygen atoms in total. The predicted octanol–water partition coefficient (Wildman–Crippen LogP) is 4.41. The number of para-hydroxylation sites is 1. The lowest BCUT2D eigenvalue weighted by Gasteiger charge is -2.33. The summed E-state index contributed by atoms with van der Waals surface area (Å²) in [5.74, 6) is 0. The first-order chi connectivity index (χ1) is 12.8. The van der Waals surface area contributed by atoms with E-state index in [1.807, 2.05) is 29.2 Å². The molecule has 0 saturated carbocycles. The first-order valence-electron chi connectivity index (χ1n) is 8.40. The standard InChI is InChI=1S/C18H19ClN2O4S2/c1-27(24,25)17-4-2-3-16(18(17)21(22)23)20-11-9-15(10-12-20)26-14-7-5-13(19)6-8-14/h2-8,15H,9-12H2,1H3.